The Morgan fingerprint density at radius 3 is 2.87 bits per heavy atom. The van der Waals surface area contributed by atoms with E-state index in [9.17, 15) is 4.79 Å². The van der Waals surface area contributed by atoms with Gasteiger partial charge in [0.1, 0.15) is 0 Å². The third kappa shape index (κ3) is 2.63. The second-order valence-electron chi connectivity index (χ2n) is 3.96. The van der Waals surface area contributed by atoms with Gasteiger partial charge in [0.25, 0.3) is 0 Å². The van der Waals surface area contributed by atoms with Crippen LogP contribution in [0.3, 0.4) is 0 Å². The summed E-state index contributed by atoms with van der Waals surface area (Å²) in [5.74, 6) is 0.0434. The number of nitrogens with one attached hydrogen (secondary N) is 1. The van der Waals surface area contributed by atoms with Crippen LogP contribution in [0.2, 0.25) is 0 Å². The monoisotopic (exact) mass is 264 g/mol. The first-order valence-corrected chi connectivity index (χ1v) is 6.55. The van der Waals surface area contributed by atoms with E-state index in [4.69, 9.17) is 0 Å². The molecule has 0 aromatic heterocycles. The zero-order valence-corrected chi connectivity index (χ0v) is 11.0. The molecule has 0 bridgehead atoms. The van der Waals surface area contributed by atoms with Crippen molar-refractivity contribution >= 4 is 27.1 Å². The van der Waals surface area contributed by atoms with Crippen LogP contribution in [0, 0.1) is 6.07 Å². The average Bonchev–Trinajstić information content (AvgIpc) is 2.71. The van der Waals surface area contributed by atoms with E-state index in [1.54, 1.807) is 6.07 Å². The topological polar surface area (TPSA) is 29.1 Å². The fourth-order valence-corrected chi connectivity index (χ4v) is 2.66. The van der Waals surface area contributed by atoms with Crippen LogP contribution >= 0.6 is 0 Å². The van der Waals surface area contributed by atoms with Crippen molar-refractivity contribution in [3.8, 4) is 0 Å². The first-order valence-electron chi connectivity index (χ1n) is 5.34. The molecule has 2 nitrogen and oxygen atoms in total. The Morgan fingerprint density at radius 1 is 1.47 bits per heavy atom. The molecule has 1 fully saturated rings. The number of hydrogen-bond acceptors (Lipinski definition) is 1. The maximum absolute atomic E-state index is 11.9. The molecule has 1 aromatic carbocycles. The second-order valence-corrected chi connectivity index (χ2v) is 5.26. The summed E-state index contributed by atoms with van der Waals surface area (Å²) in [7, 11) is 0. The van der Waals surface area contributed by atoms with Crippen LogP contribution in [0.5, 0.6) is 0 Å². The summed E-state index contributed by atoms with van der Waals surface area (Å²) in [5.41, 5.74) is 0.712. The Balaban J connectivity index is 2.04. The van der Waals surface area contributed by atoms with Gasteiger partial charge < -0.3 is 0 Å². The Bertz CT molecular complexity index is 358. The molecular formula is C12H15AsNO. The fraction of sp³-hybridized carbons (Fsp3) is 0.417. The van der Waals surface area contributed by atoms with Crippen LogP contribution in [0.15, 0.2) is 18.2 Å². The molecule has 1 unspecified atom stereocenters. The van der Waals surface area contributed by atoms with E-state index in [0.29, 0.717) is 11.6 Å². The van der Waals surface area contributed by atoms with Crippen LogP contribution in [0.25, 0.3) is 0 Å². The van der Waals surface area contributed by atoms with Crippen molar-refractivity contribution < 1.29 is 4.79 Å². The summed E-state index contributed by atoms with van der Waals surface area (Å²) in [6, 6.07) is 9.09. The van der Waals surface area contributed by atoms with E-state index in [0.717, 1.165) is 17.2 Å². The predicted molar refractivity (Wildman–Crippen MR) is 63.2 cm³/mol. The average molecular weight is 264 g/mol. The predicted octanol–water partition coefficient (Wildman–Crippen LogP) is 0.418. The number of rotatable bonds is 2. The molecule has 2 rings (SSSR count). The summed E-state index contributed by atoms with van der Waals surface area (Å²) in [6.45, 7) is 0. The van der Waals surface area contributed by atoms with Gasteiger partial charge in [-0.1, -0.05) is 0 Å². The number of benzene rings is 1. The fourth-order valence-electron chi connectivity index (χ4n) is 1.97. The Kier molecular flexibility index (Phi) is 3.48. The van der Waals surface area contributed by atoms with E-state index in [-0.39, 0.29) is 5.91 Å². The van der Waals surface area contributed by atoms with Gasteiger partial charge in [-0.25, -0.2) is 0 Å². The molecule has 15 heavy (non-hydrogen) atoms. The molecular weight excluding hydrogens is 249 g/mol. The van der Waals surface area contributed by atoms with Crippen LogP contribution in [-0.2, 0) is 0 Å². The number of hydrogen-bond donors (Lipinski definition) is 1. The van der Waals surface area contributed by atoms with Gasteiger partial charge in [-0.15, -0.1) is 0 Å². The number of amides is 1. The molecule has 1 atom stereocenters. The van der Waals surface area contributed by atoms with Gasteiger partial charge in [0, 0.05) is 0 Å². The molecule has 0 heterocycles. The van der Waals surface area contributed by atoms with Crippen molar-refractivity contribution in [1.29, 1.82) is 0 Å². The van der Waals surface area contributed by atoms with E-state index >= 15 is 0 Å². The maximum atomic E-state index is 11.9. The standard InChI is InChI=1S/C12H15AsNO/c13-11-8-4-3-7-10(11)12(15)14-9-5-1-2-6-9/h3-4,8-9H,1-2,5-6,13H2,(H,14,15). The first-order chi connectivity index (χ1) is 7.27. The van der Waals surface area contributed by atoms with E-state index in [1.807, 2.05) is 12.1 Å². The van der Waals surface area contributed by atoms with Gasteiger partial charge in [-0.3, -0.25) is 0 Å². The van der Waals surface area contributed by atoms with Gasteiger partial charge in [0.2, 0.25) is 0 Å². The summed E-state index contributed by atoms with van der Waals surface area (Å²) in [5, 5.41) is 3.08. The molecule has 1 aromatic rings. The third-order valence-electron chi connectivity index (χ3n) is 2.81. The van der Waals surface area contributed by atoms with Gasteiger partial charge in [-0.05, 0) is 0 Å². The summed E-state index contributed by atoms with van der Waals surface area (Å²) in [4.78, 5) is 11.9. The molecule has 1 radical (unpaired) electrons. The summed E-state index contributed by atoms with van der Waals surface area (Å²) in [6.07, 6.45) is 4.74. The van der Waals surface area contributed by atoms with E-state index in [2.05, 4.69) is 11.4 Å². The normalized spacial score (nSPS) is 16.6. The summed E-state index contributed by atoms with van der Waals surface area (Å²) < 4.78 is 1.06. The SMILES string of the molecule is O=C(NC1CCCC1)c1[c]cccc1[AsH2]. The Labute approximate surface area is 98.9 Å². The second kappa shape index (κ2) is 4.85. The van der Waals surface area contributed by atoms with Crippen molar-refractivity contribution in [3.05, 3.63) is 29.8 Å². The summed E-state index contributed by atoms with van der Waals surface area (Å²) >= 11 is 1.47. The van der Waals surface area contributed by atoms with E-state index in [1.165, 1.54) is 29.7 Å². The molecule has 79 valence electrons. The molecule has 1 N–H and O–H groups in total. The molecule has 0 saturated heterocycles. The third-order valence-corrected chi connectivity index (χ3v) is 3.82. The van der Waals surface area contributed by atoms with Crippen molar-refractivity contribution in [2.24, 2.45) is 0 Å². The van der Waals surface area contributed by atoms with Crippen molar-refractivity contribution in [1.82, 2.24) is 5.32 Å². The minimum absolute atomic E-state index is 0.0434. The van der Waals surface area contributed by atoms with Crippen LogP contribution in [0.4, 0.5) is 0 Å². The molecule has 1 saturated carbocycles. The van der Waals surface area contributed by atoms with Crippen molar-refractivity contribution in [2.45, 2.75) is 31.7 Å². The van der Waals surface area contributed by atoms with Crippen LogP contribution in [-0.4, -0.2) is 28.8 Å². The van der Waals surface area contributed by atoms with Gasteiger partial charge in [-0.2, -0.15) is 0 Å². The molecule has 0 aliphatic heterocycles. The molecule has 0 spiro atoms. The molecule has 1 amide bonds. The minimum atomic E-state index is 0.0434. The van der Waals surface area contributed by atoms with Crippen LogP contribution in [0.1, 0.15) is 36.0 Å². The zero-order valence-electron chi connectivity index (χ0n) is 8.62. The quantitative estimate of drug-likeness (QED) is 0.771. The van der Waals surface area contributed by atoms with Crippen molar-refractivity contribution in [2.75, 3.05) is 0 Å². The van der Waals surface area contributed by atoms with Crippen LogP contribution < -0.4 is 9.67 Å². The zero-order chi connectivity index (χ0) is 10.7. The van der Waals surface area contributed by atoms with Crippen molar-refractivity contribution in [3.63, 3.8) is 0 Å². The molecule has 1 aliphatic carbocycles. The van der Waals surface area contributed by atoms with Gasteiger partial charge >= 0.3 is 98.8 Å². The first kappa shape index (κ1) is 10.8. The molecule has 1 aliphatic rings. The Morgan fingerprint density at radius 2 is 2.20 bits per heavy atom. The Hall–Kier alpha value is -0.752. The molecule has 3 heteroatoms. The van der Waals surface area contributed by atoms with Gasteiger partial charge in [0.05, 0.1) is 0 Å². The number of carbonyl (C=O) groups is 1. The van der Waals surface area contributed by atoms with E-state index < -0.39 is 0 Å². The van der Waals surface area contributed by atoms with Gasteiger partial charge in [0.15, 0.2) is 0 Å². The number of carbonyl (C=O) groups excluding carboxylic acids is 1.